The first-order chi connectivity index (χ1) is 6.63. The van der Waals surface area contributed by atoms with Crippen molar-refractivity contribution in [2.75, 3.05) is 0 Å². The summed E-state index contributed by atoms with van der Waals surface area (Å²) < 4.78 is 0. The Bertz CT molecular complexity index is 418. The molecule has 0 spiro atoms. The second kappa shape index (κ2) is 3.02. The van der Waals surface area contributed by atoms with Gasteiger partial charge in [0.05, 0.1) is 0 Å². The molecule has 1 aliphatic heterocycles. The van der Waals surface area contributed by atoms with E-state index < -0.39 is 17.4 Å². The molecule has 0 saturated carbocycles. The van der Waals surface area contributed by atoms with Crippen molar-refractivity contribution in [3.8, 4) is 0 Å². The highest BCUT2D eigenvalue weighted by Gasteiger charge is 2.38. The number of amides is 2. The number of hydrogen-bond donors (Lipinski definition) is 2. The molecular formula is C9H7NO3S. The van der Waals surface area contributed by atoms with E-state index in [0.29, 0.717) is 16.0 Å². The summed E-state index contributed by atoms with van der Waals surface area (Å²) in [6.45, 7) is 0. The molecule has 1 aliphatic rings. The van der Waals surface area contributed by atoms with Crippen LogP contribution in [0.3, 0.4) is 0 Å². The number of thiol groups is 1. The van der Waals surface area contributed by atoms with Gasteiger partial charge in [0.1, 0.15) is 5.37 Å². The summed E-state index contributed by atoms with van der Waals surface area (Å²) in [4.78, 5) is 23.0. The van der Waals surface area contributed by atoms with E-state index in [1.54, 1.807) is 24.3 Å². The Morgan fingerprint density at radius 2 is 2.07 bits per heavy atom. The number of imide groups is 1. The van der Waals surface area contributed by atoms with Crippen molar-refractivity contribution in [1.82, 2.24) is 4.90 Å². The Morgan fingerprint density at radius 3 is 2.64 bits per heavy atom. The topological polar surface area (TPSA) is 57.6 Å². The zero-order chi connectivity index (χ0) is 10.3. The van der Waals surface area contributed by atoms with Crippen LogP contribution in [0.4, 0.5) is 4.79 Å². The van der Waals surface area contributed by atoms with Crippen LogP contribution in [-0.4, -0.2) is 22.0 Å². The van der Waals surface area contributed by atoms with Gasteiger partial charge in [-0.2, -0.15) is 0 Å². The van der Waals surface area contributed by atoms with Gasteiger partial charge in [0.2, 0.25) is 0 Å². The SMILES string of the molecule is O=C(O)N1C(=O)c2ccccc2C1S. The fourth-order valence-electron chi connectivity index (χ4n) is 1.49. The van der Waals surface area contributed by atoms with Crippen molar-refractivity contribution >= 4 is 24.6 Å². The quantitative estimate of drug-likeness (QED) is 0.640. The van der Waals surface area contributed by atoms with Crippen LogP contribution in [-0.2, 0) is 0 Å². The predicted octanol–water partition coefficient (Wildman–Crippen LogP) is 1.75. The Hall–Kier alpha value is -1.49. The van der Waals surface area contributed by atoms with Crippen LogP contribution in [0.2, 0.25) is 0 Å². The number of fused-ring (bicyclic) bond motifs is 1. The molecule has 1 atom stereocenters. The monoisotopic (exact) mass is 209 g/mol. The molecule has 1 N–H and O–H groups in total. The summed E-state index contributed by atoms with van der Waals surface area (Å²) in [5.74, 6) is -0.506. The van der Waals surface area contributed by atoms with Crippen LogP contribution >= 0.6 is 12.6 Å². The Morgan fingerprint density at radius 1 is 1.43 bits per heavy atom. The summed E-state index contributed by atoms with van der Waals surface area (Å²) in [6.07, 6.45) is -1.27. The Kier molecular flexibility index (Phi) is 1.96. The van der Waals surface area contributed by atoms with Gasteiger partial charge >= 0.3 is 6.09 Å². The average molecular weight is 209 g/mol. The van der Waals surface area contributed by atoms with Crippen molar-refractivity contribution in [3.05, 3.63) is 35.4 Å². The fraction of sp³-hybridized carbons (Fsp3) is 0.111. The highest BCUT2D eigenvalue weighted by molar-refractivity contribution is 7.80. The maximum Gasteiger partial charge on any atom is 0.415 e. The molecule has 1 heterocycles. The molecule has 72 valence electrons. The van der Waals surface area contributed by atoms with E-state index >= 15 is 0 Å². The predicted molar refractivity (Wildman–Crippen MR) is 52.4 cm³/mol. The lowest BCUT2D eigenvalue weighted by Gasteiger charge is -2.14. The first-order valence-corrected chi connectivity index (χ1v) is 4.48. The molecule has 0 saturated heterocycles. The summed E-state index contributed by atoms with van der Waals surface area (Å²) >= 11 is 4.09. The maximum atomic E-state index is 11.5. The van der Waals surface area contributed by atoms with E-state index in [9.17, 15) is 9.59 Å². The van der Waals surface area contributed by atoms with E-state index in [4.69, 9.17) is 5.11 Å². The standard InChI is InChI=1S/C9H7NO3S/c11-7-5-3-1-2-4-6(5)8(14)10(7)9(12)13/h1-4,8,14H,(H,12,13). The molecule has 0 aliphatic carbocycles. The van der Waals surface area contributed by atoms with Crippen LogP contribution < -0.4 is 0 Å². The Labute approximate surface area is 85.6 Å². The number of nitrogens with zero attached hydrogens (tertiary/aromatic N) is 1. The summed E-state index contributed by atoms with van der Waals surface area (Å²) in [6, 6.07) is 6.75. The second-order valence-electron chi connectivity index (χ2n) is 2.92. The highest BCUT2D eigenvalue weighted by atomic mass is 32.1. The number of benzene rings is 1. The molecule has 1 aromatic rings. The average Bonchev–Trinajstić information content (AvgIpc) is 2.41. The van der Waals surface area contributed by atoms with Gasteiger partial charge in [-0.3, -0.25) is 4.79 Å². The minimum Gasteiger partial charge on any atom is -0.465 e. The Balaban J connectivity index is 2.53. The smallest absolute Gasteiger partial charge is 0.415 e. The number of carbonyl (C=O) groups is 2. The number of carboxylic acid groups (broad SMARTS) is 1. The number of hydrogen-bond acceptors (Lipinski definition) is 3. The first kappa shape index (κ1) is 9.08. The van der Waals surface area contributed by atoms with Crippen LogP contribution in [0.1, 0.15) is 21.3 Å². The summed E-state index contributed by atoms with van der Waals surface area (Å²) in [5.41, 5.74) is 1.05. The van der Waals surface area contributed by atoms with Crippen molar-refractivity contribution < 1.29 is 14.7 Å². The molecule has 2 rings (SSSR count). The van der Waals surface area contributed by atoms with Gasteiger partial charge in [0, 0.05) is 5.56 Å². The van der Waals surface area contributed by atoms with Gasteiger partial charge in [-0.05, 0) is 11.6 Å². The van der Waals surface area contributed by atoms with Gasteiger partial charge < -0.3 is 5.11 Å². The van der Waals surface area contributed by atoms with Crippen molar-refractivity contribution in [1.29, 1.82) is 0 Å². The van der Waals surface area contributed by atoms with E-state index in [1.165, 1.54) is 0 Å². The van der Waals surface area contributed by atoms with E-state index in [-0.39, 0.29) is 0 Å². The van der Waals surface area contributed by atoms with E-state index in [0.717, 1.165) is 0 Å². The van der Waals surface area contributed by atoms with Crippen LogP contribution in [0.15, 0.2) is 24.3 Å². The van der Waals surface area contributed by atoms with Crippen LogP contribution in [0.25, 0.3) is 0 Å². The third kappa shape index (κ3) is 1.09. The van der Waals surface area contributed by atoms with Crippen LogP contribution in [0, 0.1) is 0 Å². The zero-order valence-electron chi connectivity index (χ0n) is 7.04. The molecule has 1 unspecified atom stereocenters. The molecular weight excluding hydrogens is 202 g/mol. The molecule has 1 aromatic carbocycles. The summed E-state index contributed by atoms with van der Waals surface area (Å²) in [5, 5.41) is 8.10. The van der Waals surface area contributed by atoms with Gasteiger partial charge in [0.15, 0.2) is 0 Å². The molecule has 0 bridgehead atoms. The fourth-order valence-corrected chi connectivity index (χ4v) is 1.92. The molecule has 4 nitrogen and oxygen atoms in total. The lowest BCUT2D eigenvalue weighted by molar-refractivity contribution is 0.0760. The third-order valence-electron chi connectivity index (χ3n) is 2.14. The normalized spacial score (nSPS) is 19.6. The lowest BCUT2D eigenvalue weighted by Crippen LogP contribution is -2.31. The largest absolute Gasteiger partial charge is 0.465 e. The van der Waals surface area contributed by atoms with E-state index in [1.807, 2.05) is 0 Å². The van der Waals surface area contributed by atoms with Crippen molar-refractivity contribution in [2.45, 2.75) is 5.37 Å². The molecule has 0 aromatic heterocycles. The molecule has 2 amide bonds. The molecule has 14 heavy (non-hydrogen) atoms. The van der Waals surface area contributed by atoms with Crippen molar-refractivity contribution in [3.63, 3.8) is 0 Å². The second-order valence-corrected chi connectivity index (χ2v) is 3.41. The lowest BCUT2D eigenvalue weighted by atomic mass is 10.1. The molecule has 5 heteroatoms. The van der Waals surface area contributed by atoms with Gasteiger partial charge in [-0.15, -0.1) is 12.6 Å². The van der Waals surface area contributed by atoms with Gasteiger partial charge in [-0.25, -0.2) is 9.69 Å². The number of carbonyl (C=O) groups excluding carboxylic acids is 1. The zero-order valence-corrected chi connectivity index (χ0v) is 7.94. The minimum atomic E-state index is -1.27. The van der Waals surface area contributed by atoms with E-state index in [2.05, 4.69) is 12.6 Å². The first-order valence-electron chi connectivity index (χ1n) is 3.96. The third-order valence-corrected chi connectivity index (χ3v) is 2.65. The van der Waals surface area contributed by atoms with Gasteiger partial charge in [-0.1, -0.05) is 18.2 Å². The highest BCUT2D eigenvalue weighted by Crippen LogP contribution is 2.35. The maximum absolute atomic E-state index is 11.5. The molecule has 0 radical (unpaired) electrons. The number of rotatable bonds is 0. The van der Waals surface area contributed by atoms with Crippen molar-refractivity contribution in [2.24, 2.45) is 0 Å². The summed E-state index contributed by atoms with van der Waals surface area (Å²) in [7, 11) is 0. The molecule has 0 fully saturated rings. The minimum absolute atomic E-state index is 0.412. The van der Waals surface area contributed by atoms with Crippen LogP contribution in [0.5, 0.6) is 0 Å². The van der Waals surface area contributed by atoms with Gasteiger partial charge in [0.25, 0.3) is 5.91 Å².